The van der Waals surface area contributed by atoms with Crippen LogP contribution in [-0.4, -0.2) is 36.9 Å². The molecule has 2 N–H and O–H groups in total. The number of rotatable bonds is 5. The van der Waals surface area contributed by atoms with Crippen LogP contribution in [0.5, 0.6) is 5.75 Å². The van der Waals surface area contributed by atoms with E-state index in [1.165, 1.54) is 26.4 Å². The Labute approximate surface area is 124 Å². The van der Waals surface area contributed by atoms with Gasteiger partial charge in [-0.15, -0.1) is 0 Å². The van der Waals surface area contributed by atoms with E-state index in [1.54, 1.807) is 24.3 Å². The minimum Gasteiger partial charge on any atom is -0.508 e. The van der Waals surface area contributed by atoms with Gasteiger partial charge in [0.1, 0.15) is 16.5 Å². The fourth-order valence-electron chi connectivity index (χ4n) is 1.69. The number of aromatic hydroxyl groups is 1. The van der Waals surface area contributed by atoms with Crippen LogP contribution in [0.25, 0.3) is 0 Å². The first-order valence-corrected chi connectivity index (χ1v) is 7.74. The van der Waals surface area contributed by atoms with Crippen molar-refractivity contribution >= 4 is 15.8 Å². The van der Waals surface area contributed by atoms with Gasteiger partial charge in [0.15, 0.2) is 0 Å². The molecule has 2 aromatic rings. The van der Waals surface area contributed by atoms with E-state index in [2.05, 4.69) is 10.3 Å². The van der Waals surface area contributed by atoms with Crippen molar-refractivity contribution in [2.45, 2.75) is 11.4 Å². The number of pyridine rings is 1. The van der Waals surface area contributed by atoms with E-state index in [1.807, 2.05) is 6.07 Å². The van der Waals surface area contributed by atoms with Gasteiger partial charge in [-0.3, -0.25) is 0 Å². The summed E-state index contributed by atoms with van der Waals surface area (Å²) in [5.74, 6) is 0.743. The SMILES string of the molecule is CN(C)S(=O)(=O)c1ccc(NCc2ccccc2O)nc1. The van der Waals surface area contributed by atoms with Crippen molar-refractivity contribution in [3.05, 3.63) is 48.2 Å². The first-order chi connectivity index (χ1) is 9.91. The summed E-state index contributed by atoms with van der Waals surface area (Å²) in [7, 11) is -0.521. The van der Waals surface area contributed by atoms with Crippen LogP contribution >= 0.6 is 0 Å². The van der Waals surface area contributed by atoms with E-state index in [0.717, 1.165) is 9.87 Å². The zero-order chi connectivity index (χ0) is 15.5. The van der Waals surface area contributed by atoms with Crippen molar-refractivity contribution in [3.8, 4) is 5.75 Å². The van der Waals surface area contributed by atoms with E-state index < -0.39 is 10.0 Å². The average Bonchev–Trinajstić information content (AvgIpc) is 2.46. The molecule has 1 aromatic heterocycles. The van der Waals surface area contributed by atoms with Gasteiger partial charge in [-0.2, -0.15) is 0 Å². The minimum atomic E-state index is -3.46. The van der Waals surface area contributed by atoms with Crippen LogP contribution in [0.1, 0.15) is 5.56 Å². The van der Waals surface area contributed by atoms with Crippen LogP contribution in [0.2, 0.25) is 0 Å². The van der Waals surface area contributed by atoms with E-state index >= 15 is 0 Å². The lowest BCUT2D eigenvalue weighted by molar-refractivity contribution is 0.469. The summed E-state index contributed by atoms with van der Waals surface area (Å²) in [5, 5.41) is 12.7. The predicted molar refractivity (Wildman–Crippen MR) is 80.5 cm³/mol. The van der Waals surface area contributed by atoms with Crippen LogP contribution in [0, 0.1) is 0 Å². The van der Waals surface area contributed by atoms with E-state index in [4.69, 9.17) is 0 Å². The van der Waals surface area contributed by atoms with Crippen LogP contribution in [0.3, 0.4) is 0 Å². The Hall–Kier alpha value is -2.12. The second kappa shape index (κ2) is 6.11. The van der Waals surface area contributed by atoms with Gasteiger partial charge in [0.2, 0.25) is 10.0 Å². The van der Waals surface area contributed by atoms with Crippen molar-refractivity contribution in [2.75, 3.05) is 19.4 Å². The summed E-state index contributed by atoms with van der Waals surface area (Å²) >= 11 is 0. The molecular weight excluding hydrogens is 290 g/mol. The predicted octanol–water partition coefficient (Wildman–Crippen LogP) is 1.65. The molecule has 0 unspecified atom stereocenters. The lowest BCUT2D eigenvalue weighted by atomic mass is 10.2. The lowest BCUT2D eigenvalue weighted by Gasteiger charge is -2.12. The number of phenolic OH excluding ortho intramolecular Hbond substituents is 1. The highest BCUT2D eigenvalue weighted by Crippen LogP contribution is 2.18. The van der Waals surface area contributed by atoms with Crippen LogP contribution < -0.4 is 5.32 Å². The number of benzene rings is 1. The molecule has 0 amide bonds. The quantitative estimate of drug-likeness (QED) is 0.877. The molecule has 112 valence electrons. The Morgan fingerprint density at radius 3 is 2.48 bits per heavy atom. The molecule has 0 saturated carbocycles. The van der Waals surface area contributed by atoms with Crippen molar-refractivity contribution < 1.29 is 13.5 Å². The van der Waals surface area contributed by atoms with Crippen LogP contribution in [0.15, 0.2) is 47.5 Å². The summed E-state index contributed by atoms with van der Waals surface area (Å²) < 4.78 is 24.9. The van der Waals surface area contributed by atoms with Gasteiger partial charge < -0.3 is 10.4 Å². The number of nitrogens with zero attached hydrogens (tertiary/aromatic N) is 2. The summed E-state index contributed by atoms with van der Waals surface area (Å²) in [4.78, 5) is 4.21. The molecule has 0 spiro atoms. The van der Waals surface area contributed by atoms with Gasteiger partial charge in [0, 0.05) is 32.4 Å². The van der Waals surface area contributed by atoms with Crippen molar-refractivity contribution in [2.24, 2.45) is 0 Å². The number of nitrogens with one attached hydrogen (secondary N) is 1. The molecule has 0 saturated heterocycles. The fraction of sp³-hybridized carbons (Fsp3) is 0.214. The molecule has 0 fully saturated rings. The number of aromatic nitrogens is 1. The molecule has 1 aromatic carbocycles. The zero-order valence-corrected chi connectivity index (χ0v) is 12.6. The Kier molecular flexibility index (Phi) is 4.44. The topological polar surface area (TPSA) is 82.5 Å². The number of hydrogen-bond donors (Lipinski definition) is 2. The molecule has 6 nitrogen and oxygen atoms in total. The summed E-state index contributed by atoms with van der Waals surface area (Å²) in [6.07, 6.45) is 1.31. The maximum Gasteiger partial charge on any atom is 0.244 e. The number of phenols is 1. The molecule has 7 heteroatoms. The van der Waals surface area contributed by atoms with Gasteiger partial charge in [-0.25, -0.2) is 17.7 Å². The second-order valence-electron chi connectivity index (χ2n) is 4.65. The highest BCUT2D eigenvalue weighted by molar-refractivity contribution is 7.89. The molecule has 0 atom stereocenters. The van der Waals surface area contributed by atoms with Gasteiger partial charge >= 0.3 is 0 Å². The highest BCUT2D eigenvalue weighted by atomic mass is 32.2. The molecule has 1 heterocycles. The average molecular weight is 307 g/mol. The van der Waals surface area contributed by atoms with Gasteiger partial charge in [0.25, 0.3) is 0 Å². The molecule has 0 radical (unpaired) electrons. The molecule has 0 aliphatic carbocycles. The normalized spacial score (nSPS) is 11.6. The minimum absolute atomic E-state index is 0.139. The summed E-state index contributed by atoms with van der Waals surface area (Å²) in [5.41, 5.74) is 0.740. The standard InChI is InChI=1S/C14H17N3O3S/c1-17(2)21(19,20)12-7-8-14(16-10-12)15-9-11-5-3-4-6-13(11)18/h3-8,10,18H,9H2,1-2H3,(H,15,16). The first-order valence-electron chi connectivity index (χ1n) is 6.30. The number of hydrogen-bond acceptors (Lipinski definition) is 5. The summed E-state index contributed by atoms with van der Waals surface area (Å²) in [6, 6.07) is 10.1. The maximum atomic E-state index is 11.9. The summed E-state index contributed by atoms with van der Waals surface area (Å²) in [6.45, 7) is 0.402. The zero-order valence-electron chi connectivity index (χ0n) is 11.8. The molecule has 0 aliphatic heterocycles. The van der Waals surface area contributed by atoms with Gasteiger partial charge in [0.05, 0.1) is 0 Å². The Balaban J connectivity index is 2.09. The smallest absolute Gasteiger partial charge is 0.244 e. The fourth-order valence-corrected chi connectivity index (χ4v) is 2.54. The van der Waals surface area contributed by atoms with Crippen molar-refractivity contribution in [1.29, 1.82) is 0 Å². The van der Waals surface area contributed by atoms with E-state index in [0.29, 0.717) is 12.4 Å². The van der Waals surface area contributed by atoms with Crippen molar-refractivity contribution in [1.82, 2.24) is 9.29 Å². The number of sulfonamides is 1. The second-order valence-corrected chi connectivity index (χ2v) is 6.80. The molecule has 2 rings (SSSR count). The Morgan fingerprint density at radius 2 is 1.90 bits per heavy atom. The highest BCUT2D eigenvalue weighted by Gasteiger charge is 2.17. The Bertz CT molecular complexity index is 712. The van der Waals surface area contributed by atoms with E-state index in [-0.39, 0.29) is 10.6 Å². The third-order valence-corrected chi connectivity index (χ3v) is 4.77. The van der Waals surface area contributed by atoms with Crippen LogP contribution in [0.4, 0.5) is 5.82 Å². The van der Waals surface area contributed by atoms with Gasteiger partial charge in [-0.1, -0.05) is 18.2 Å². The first kappa shape index (κ1) is 15.3. The molecule has 0 aliphatic rings. The van der Waals surface area contributed by atoms with Crippen molar-refractivity contribution in [3.63, 3.8) is 0 Å². The van der Waals surface area contributed by atoms with Gasteiger partial charge in [-0.05, 0) is 18.2 Å². The number of para-hydroxylation sites is 1. The third-order valence-electron chi connectivity index (χ3n) is 2.97. The molecular formula is C14H17N3O3S. The lowest BCUT2D eigenvalue weighted by Crippen LogP contribution is -2.22. The molecule has 21 heavy (non-hydrogen) atoms. The number of anilines is 1. The molecule has 0 bridgehead atoms. The third kappa shape index (κ3) is 3.50. The maximum absolute atomic E-state index is 11.9. The van der Waals surface area contributed by atoms with Crippen LogP contribution in [-0.2, 0) is 16.6 Å². The van der Waals surface area contributed by atoms with E-state index in [9.17, 15) is 13.5 Å². The Morgan fingerprint density at radius 1 is 1.19 bits per heavy atom. The monoisotopic (exact) mass is 307 g/mol. The largest absolute Gasteiger partial charge is 0.508 e.